The summed E-state index contributed by atoms with van der Waals surface area (Å²) in [6, 6.07) is -0.0513. The van der Waals surface area contributed by atoms with Gasteiger partial charge in [-0.3, -0.25) is 14.5 Å². The number of hydrogen-bond acceptors (Lipinski definition) is 3. The van der Waals surface area contributed by atoms with Gasteiger partial charge in [0.25, 0.3) is 5.91 Å². The molecule has 2 saturated carbocycles. The molecule has 1 atom stereocenters. The van der Waals surface area contributed by atoms with Gasteiger partial charge in [-0.15, -0.1) is 0 Å². The number of urea groups is 1. The van der Waals surface area contributed by atoms with E-state index in [1.165, 1.54) is 17.7 Å². The molecule has 3 rings (SSSR count). The van der Waals surface area contributed by atoms with E-state index in [0.29, 0.717) is 25.3 Å². The molecule has 4 amide bonds. The summed E-state index contributed by atoms with van der Waals surface area (Å²) in [5.41, 5.74) is -0.639. The summed E-state index contributed by atoms with van der Waals surface area (Å²) in [6.45, 7) is 2.37. The molecule has 3 aliphatic rings. The fourth-order valence-corrected chi connectivity index (χ4v) is 3.63. The average molecular weight is 307 g/mol. The fraction of sp³-hybridized carbons (Fsp3) is 0.812. The van der Waals surface area contributed by atoms with Crippen LogP contribution in [0.5, 0.6) is 0 Å². The van der Waals surface area contributed by atoms with Gasteiger partial charge in [-0.05, 0) is 44.9 Å². The molecule has 6 nitrogen and oxygen atoms in total. The third-order valence-corrected chi connectivity index (χ3v) is 5.21. The van der Waals surface area contributed by atoms with Crippen LogP contribution < -0.4 is 10.6 Å². The van der Waals surface area contributed by atoms with Crippen molar-refractivity contribution in [1.82, 2.24) is 15.5 Å². The number of imide groups is 1. The number of rotatable bonds is 6. The lowest BCUT2D eigenvalue weighted by atomic mass is 9.98. The molecule has 3 fully saturated rings. The Labute approximate surface area is 131 Å². The molecule has 0 radical (unpaired) electrons. The number of hydrogen-bond donors (Lipinski definition) is 2. The van der Waals surface area contributed by atoms with Crippen molar-refractivity contribution >= 4 is 17.8 Å². The van der Waals surface area contributed by atoms with Crippen molar-refractivity contribution in [3.8, 4) is 0 Å². The van der Waals surface area contributed by atoms with E-state index in [0.717, 1.165) is 25.7 Å². The van der Waals surface area contributed by atoms with Crippen LogP contribution in [0.4, 0.5) is 4.79 Å². The van der Waals surface area contributed by atoms with E-state index in [9.17, 15) is 14.4 Å². The fourth-order valence-electron chi connectivity index (χ4n) is 3.63. The molecule has 0 aromatic heterocycles. The van der Waals surface area contributed by atoms with Gasteiger partial charge in [-0.2, -0.15) is 0 Å². The molecule has 0 aromatic rings. The molecule has 0 bridgehead atoms. The van der Waals surface area contributed by atoms with Gasteiger partial charge >= 0.3 is 6.03 Å². The van der Waals surface area contributed by atoms with Crippen LogP contribution in [0.3, 0.4) is 0 Å². The Kier molecular flexibility index (Phi) is 4.10. The number of nitrogens with one attached hydrogen (secondary N) is 2. The third-order valence-electron chi connectivity index (χ3n) is 5.21. The Balaban J connectivity index is 1.44. The Hall–Kier alpha value is -1.59. The van der Waals surface area contributed by atoms with E-state index < -0.39 is 5.54 Å². The standard InChI is InChI=1S/C16H25N3O3/c1-11(12-6-7-12)17-13(20)5-4-10-19-14(21)16(18-15(19)22)8-2-3-9-16/h11-12H,2-10H2,1H3,(H,17,20)(H,18,22). The molecule has 1 saturated heterocycles. The topological polar surface area (TPSA) is 78.5 Å². The van der Waals surface area contributed by atoms with Crippen LogP contribution in [0.2, 0.25) is 0 Å². The van der Waals surface area contributed by atoms with Crippen molar-refractivity contribution in [2.45, 2.75) is 69.9 Å². The summed E-state index contributed by atoms with van der Waals surface area (Å²) in [7, 11) is 0. The van der Waals surface area contributed by atoms with Crippen LogP contribution >= 0.6 is 0 Å². The summed E-state index contributed by atoms with van der Waals surface area (Å²) < 4.78 is 0. The molecule has 0 aromatic carbocycles. The zero-order chi connectivity index (χ0) is 15.7. The van der Waals surface area contributed by atoms with E-state index >= 15 is 0 Å². The molecular weight excluding hydrogens is 282 g/mol. The van der Waals surface area contributed by atoms with E-state index in [4.69, 9.17) is 0 Å². The summed E-state index contributed by atoms with van der Waals surface area (Å²) in [5.74, 6) is 0.556. The highest BCUT2D eigenvalue weighted by atomic mass is 16.2. The second kappa shape index (κ2) is 5.89. The first-order valence-corrected chi connectivity index (χ1v) is 8.45. The zero-order valence-electron chi connectivity index (χ0n) is 13.2. The van der Waals surface area contributed by atoms with Gasteiger partial charge in [-0.25, -0.2) is 4.79 Å². The second-order valence-electron chi connectivity index (χ2n) is 6.97. The molecule has 1 unspecified atom stereocenters. The van der Waals surface area contributed by atoms with Crippen molar-refractivity contribution in [2.24, 2.45) is 5.92 Å². The quantitative estimate of drug-likeness (QED) is 0.731. The minimum absolute atomic E-state index is 0.0158. The van der Waals surface area contributed by atoms with Crippen molar-refractivity contribution in [3.63, 3.8) is 0 Å². The minimum Gasteiger partial charge on any atom is -0.353 e. The molecule has 1 spiro atoms. The van der Waals surface area contributed by atoms with Crippen molar-refractivity contribution in [1.29, 1.82) is 0 Å². The first kappa shape index (κ1) is 15.3. The summed E-state index contributed by atoms with van der Waals surface area (Å²) in [6.07, 6.45) is 6.75. The smallest absolute Gasteiger partial charge is 0.325 e. The first-order valence-electron chi connectivity index (χ1n) is 8.45. The molecule has 2 N–H and O–H groups in total. The van der Waals surface area contributed by atoms with Crippen LogP contribution in [-0.2, 0) is 9.59 Å². The van der Waals surface area contributed by atoms with Gasteiger partial charge in [0, 0.05) is 19.0 Å². The minimum atomic E-state index is -0.639. The highest BCUT2D eigenvalue weighted by Crippen LogP contribution is 2.35. The summed E-state index contributed by atoms with van der Waals surface area (Å²) in [5, 5.41) is 5.85. The van der Waals surface area contributed by atoms with E-state index in [1.807, 2.05) is 6.92 Å². The van der Waals surface area contributed by atoms with Crippen LogP contribution in [0.25, 0.3) is 0 Å². The number of nitrogens with zero attached hydrogens (tertiary/aromatic N) is 1. The van der Waals surface area contributed by atoms with Gasteiger partial charge in [0.15, 0.2) is 0 Å². The van der Waals surface area contributed by atoms with Gasteiger partial charge in [0.1, 0.15) is 5.54 Å². The zero-order valence-corrected chi connectivity index (χ0v) is 13.2. The van der Waals surface area contributed by atoms with E-state index in [1.54, 1.807) is 0 Å². The van der Waals surface area contributed by atoms with Gasteiger partial charge in [0.2, 0.25) is 5.91 Å². The average Bonchev–Trinajstić information content (AvgIpc) is 3.18. The lowest BCUT2D eigenvalue weighted by Crippen LogP contribution is -2.44. The third kappa shape index (κ3) is 2.96. The van der Waals surface area contributed by atoms with Crippen molar-refractivity contribution < 1.29 is 14.4 Å². The predicted octanol–water partition coefficient (Wildman–Crippen LogP) is 1.55. The molecule has 1 heterocycles. The Morgan fingerprint density at radius 2 is 2.05 bits per heavy atom. The Bertz CT molecular complexity index is 481. The van der Waals surface area contributed by atoms with Crippen molar-refractivity contribution in [3.05, 3.63) is 0 Å². The Morgan fingerprint density at radius 3 is 2.68 bits per heavy atom. The van der Waals surface area contributed by atoms with Crippen LogP contribution in [0, 0.1) is 5.92 Å². The largest absolute Gasteiger partial charge is 0.353 e. The van der Waals surface area contributed by atoms with Crippen molar-refractivity contribution in [2.75, 3.05) is 6.54 Å². The lowest BCUT2D eigenvalue weighted by molar-refractivity contribution is -0.131. The normalized spacial score (nSPS) is 24.7. The summed E-state index contributed by atoms with van der Waals surface area (Å²) >= 11 is 0. The first-order chi connectivity index (χ1) is 10.5. The maximum absolute atomic E-state index is 12.4. The molecule has 122 valence electrons. The molecule has 6 heteroatoms. The SMILES string of the molecule is CC(NC(=O)CCCN1C(=O)NC2(CCCC2)C1=O)C1CC1. The molecular formula is C16H25N3O3. The van der Waals surface area contributed by atoms with E-state index in [-0.39, 0.29) is 23.9 Å². The van der Waals surface area contributed by atoms with Gasteiger partial charge in [-0.1, -0.05) is 12.8 Å². The predicted molar refractivity (Wildman–Crippen MR) is 81.0 cm³/mol. The van der Waals surface area contributed by atoms with E-state index in [2.05, 4.69) is 10.6 Å². The van der Waals surface area contributed by atoms with Crippen LogP contribution in [-0.4, -0.2) is 40.9 Å². The monoisotopic (exact) mass is 307 g/mol. The van der Waals surface area contributed by atoms with Crippen LogP contribution in [0.15, 0.2) is 0 Å². The Morgan fingerprint density at radius 1 is 1.36 bits per heavy atom. The lowest BCUT2D eigenvalue weighted by Gasteiger charge is -2.20. The number of carbonyl (C=O) groups excluding carboxylic acids is 3. The molecule has 22 heavy (non-hydrogen) atoms. The van der Waals surface area contributed by atoms with Crippen LogP contribution in [0.1, 0.15) is 58.3 Å². The number of amides is 4. The van der Waals surface area contributed by atoms with Gasteiger partial charge in [0.05, 0.1) is 0 Å². The highest BCUT2D eigenvalue weighted by molar-refractivity contribution is 6.07. The summed E-state index contributed by atoms with van der Waals surface area (Å²) in [4.78, 5) is 37.6. The molecule has 1 aliphatic heterocycles. The maximum atomic E-state index is 12.4. The molecule has 2 aliphatic carbocycles. The highest BCUT2D eigenvalue weighted by Gasteiger charge is 2.52. The van der Waals surface area contributed by atoms with Gasteiger partial charge < -0.3 is 10.6 Å². The maximum Gasteiger partial charge on any atom is 0.325 e. The second-order valence-corrected chi connectivity index (χ2v) is 6.97. The number of carbonyl (C=O) groups is 3.